The van der Waals surface area contributed by atoms with E-state index in [9.17, 15) is 9.59 Å². The van der Waals surface area contributed by atoms with Crippen LogP contribution in [-0.2, 0) is 23.8 Å². The van der Waals surface area contributed by atoms with E-state index in [0.717, 1.165) is 12.8 Å². The van der Waals surface area contributed by atoms with Gasteiger partial charge in [-0.05, 0) is 52.4 Å². The van der Waals surface area contributed by atoms with Gasteiger partial charge in [-0.2, -0.15) is 0 Å². The third kappa shape index (κ3) is 8.52. The lowest BCUT2D eigenvalue weighted by Gasteiger charge is -2.30. The molecule has 1 saturated carbocycles. The Hall–Kier alpha value is -1.10. The molecule has 0 spiro atoms. The maximum atomic E-state index is 12.4. The third-order valence-electron chi connectivity index (χ3n) is 4.55. The van der Waals surface area contributed by atoms with Crippen LogP contribution < -0.4 is 0 Å². The SMILES string of the molecule is CC(C)CO[C@H](C1CCCC1)[C@H](C)OC(=O)[C@H](C)CC(=O)OC(C)(C)C. The van der Waals surface area contributed by atoms with E-state index >= 15 is 0 Å². The molecule has 5 nitrogen and oxygen atoms in total. The van der Waals surface area contributed by atoms with Gasteiger partial charge in [0.25, 0.3) is 0 Å². The Bertz CT molecular complexity index is 446. The monoisotopic (exact) mass is 370 g/mol. The van der Waals surface area contributed by atoms with Gasteiger partial charge in [-0.3, -0.25) is 9.59 Å². The van der Waals surface area contributed by atoms with Crippen LogP contribution in [0, 0.1) is 17.8 Å². The number of carbonyl (C=O) groups excluding carboxylic acids is 2. The zero-order valence-electron chi connectivity index (χ0n) is 17.7. The summed E-state index contributed by atoms with van der Waals surface area (Å²) in [5, 5.41) is 0. The minimum Gasteiger partial charge on any atom is -0.460 e. The molecule has 0 amide bonds. The molecule has 1 fully saturated rings. The van der Waals surface area contributed by atoms with Crippen LogP contribution >= 0.6 is 0 Å². The van der Waals surface area contributed by atoms with Gasteiger partial charge in [-0.1, -0.05) is 33.6 Å². The number of ether oxygens (including phenoxy) is 3. The highest BCUT2D eigenvalue weighted by atomic mass is 16.6. The zero-order chi connectivity index (χ0) is 19.9. The van der Waals surface area contributed by atoms with Crippen LogP contribution in [0.15, 0.2) is 0 Å². The van der Waals surface area contributed by atoms with Gasteiger partial charge in [0.05, 0.1) is 18.4 Å². The second-order valence-electron chi connectivity index (χ2n) is 9.07. The molecular formula is C21H38O5. The lowest BCUT2D eigenvalue weighted by molar-refractivity contribution is -0.169. The fraction of sp³-hybridized carbons (Fsp3) is 0.905. The van der Waals surface area contributed by atoms with Gasteiger partial charge in [0.2, 0.25) is 0 Å². The lowest BCUT2D eigenvalue weighted by Crippen LogP contribution is -2.38. The standard InChI is InChI=1S/C21H38O5/c1-14(2)13-24-19(17-10-8-9-11-17)16(4)25-20(23)15(3)12-18(22)26-21(5,6)7/h14-17,19H,8-13H2,1-7H3/t15-,16+,19+/m1/s1. The topological polar surface area (TPSA) is 61.8 Å². The van der Waals surface area contributed by atoms with Crippen molar-refractivity contribution >= 4 is 11.9 Å². The van der Waals surface area contributed by atoms with Crippen LogP contribution in [0.5, 0.6) is 0 Å². The molecule has 0 aromatic heterocycles. The lowest BCUT2D eigenvalue weighted by atomic mass is 9.96. The van der Waals surface area contributed by atoms with E-state index in [1.807, 2.05) is 27.7 Å². The number of carbonyl (C=O) groups is 2. The van der Waals surface area contributed by atoms with E-state index in [0.29, 0.717) is 18.4 Å². The smallest absolute Gasteiger partial charge is 0.309 e. The highest BCUT2D eigenvalue weighted by Gasteiger charge is 2.33. The Kier molecular flexibility index (Phi) is 9.08. The minimum absolute atomic E-state index is 0.0315. The molecule has 0 bridgehead atoms. The summed E-state index contributed by atoms with van der Waals surface area (Å²) in [6.07, 6.45) is 4.31. The summed E-state index contributed by atoms with van der Waals surface area (Å²) in [7, 11) is 0. The van der Waals surface area contributed by atoms with Crippen molar-refractivity contribution in [3.63, 3.8) is 0 Å². The second kappa shape index (κ2) is 10.3. The van der Waals surface area contributed by atoms with Crippen LogP contribution in [0.1, 0.15) is 80.6 Å². The highest BCUT2D eigenvalue weighted by molar-refractivity contribution is 5.79. The summed E-state index contributed by atoms with van der Waals surface area (Å²) < 4.78 is 17.1. The average molecular weight is 371 g/mol. The van der Waals surface area contributed by atoms with Gasteiger partial charge in [-0.25, -0.2) is 0 Å². The molecule has 1 aliphatic rings. The first-order valence-corrected chi connectivity index (χ1v) is 10.0. The van der Waals surface area contributed by atoms with Crippen LogP contribution in [0.25, 0.3) is 0 Å². The molecule has 3 atom stereocenters. The fourth-order valence-electron chi connectivity index (χ4n) is 3.33. The summed E-state index contributed by atoms with van der Waals surface area (Å²) in [5.41, 5.74) is -0.549. The molecular weight excluding hydrogens is 332 g/mol. The van der Waals surface area contributed by atoms with Gasteiger partial charge >= 0.3 is 11.9 Å². The molecule has 1 rings (SSSR count). The van der Waals surface area contributed by atoms with E-state index in [4.69, 9.17) is 14.2 Å². The van der Waals surface area contributed by atoms with Gasteiger partial charge in [0.1, 0.15) is 11.7 Å². The van der Waals surface area contributed by atoms with Crippen molar-refractivity contribution in [1.29, 1.82) is 0 Å². The number of esters is 2. The van der Waals surface area contributed by atoms with Crippen molar-refractivity contribution in [1.82, 2.24) is 0 Å². The maximum absolute atomic E-state index is 12.4. The first kappa shape index (κ1) is 22.9. The van der Waals surface area contributed by atoms with E-state index in [1.54, 1.807) is 6.92 Å². The molecule has 0 aromatic carbocycles. The number of hydrogen-bond donors (Lipinski definition) is 0. The summed E-state index contributed by atoms with van der Waals surface area (Å²) in [6, 6.07) is 0. The zero-order valence-corrected chi connectivity index (χ0v) is 17.7. The summed E-state index contributed by atoms with van der Waals surface area (Å²) in [5.74, 6) is -0.384. The van der Waals surface area contributed by atoms with Crippen molar-refractivity contribution < 1.29 is 23.8 Å². The maximum Gasteiger partial charge on any atom is 0.309 e. The Morgan fingerprint density at radius 2 is 1.62 bits per heavy atom. The molecule has 0 aromatic rings. The van der Waals surface area contributed by atoms with Gasteiger partial charge < -0.3 is 14.2 Å². The molecule has 152 valence electrons. The normalized spacial score (nSPS) is 19.2. The first-order valence-electron chi connectivity index (χ1n) is 10.0. The van der Waals surface area contributed by atoms with Crippen molar-refractivity contribution in [2.75, 3.05) is 6.61 Å². The van der Waals surface area contributed by atoms with E-state index in [-0.39, 0.29) is 30.6 Å². The summed E-state index contributed by atoms with van der Waals surface area (Å²) in [4.78, 5) is 24.4. The molecule has 0 heterocycles. The van der Waals surface area contributed by atoms with Gasteiger partial charge in [-0.15, -0.1) is 0 Å². The fourth-order valence-corrected chi connectivity index (χ4v) is 3.33. The van der Waals surface area contributed by atoms with Crippen molar-refractivity contribution in [3.05, 3.63) is 0 Å². The molecule has 0 unspecified atom stereocenters. The summed E-state index contributed by atoms with van der Waals surface area (Å²) >= 11 is 0. The Morgan fingerprint density at radius 1 is 1.04 bits per heavy atom. The predicted molar refractivity (Wildman–Crippen MR) is 102 cm³/mol. The highest BCUT2D eigenvalue weighted by Crippen LogP contribution is 2.32. The van der Waals surface area contributed by atoms with E-state index in [1.165, 1.54) is 12.8 Å². The first-order chi connectivity index (χ1) is 12.0. The second-order valence-corrected chi connectivity index (χ2v) is 9.07. The van der Waals surface area contributed by atoms with E-state index in [2.05, 4.69) is 13.8 Å². The van der Waals surface area contributed by atoms with Gasteiger partial charge in [0, 0.05) is 6.61 Å². The minimum atomic E-state index is -0.549. The van der Waals surface area contributed by atoms with E-state index < -0.39 is 11.5 Å². The largest absolute Gasteiger partial charge is 0.460 e. The summed E-state index contributed by atoms with van der Waals surface area (Å²) in [6.45, 7) is 13.9. The molecule has 0 aliphatic heterocycles. The third-order valence-corrected chi connectivity index (χ3v) is 4.55. The quantitative estimate of drug-likeness (QED) is 0.559. The van der Waals surface area contributed by atoms with Crippen molar-refractivity contribution in [2.45, 2.75) is 98.4 Å². The number of hydrogen-bond acceptors (Lipinski definition) is 5. The predicted octanol–water partition coefficient (Wildman–Crippen LogP) is 4.52. The molecule has 0 saturated heterocycles. The Morgan fingerprint density at radius 3 is 2.12 bits per heavy atom. The molecule has 5 heteroatoms. The molecule has 0 N–H and O–H groups in total. The van der Waals surface area contributed by atoms with Crippen LogP contribution in [0.2, 0.25) is 0 Å². The van der Waals surface area contributed by atoms with Crippen molar-refractivity contribution in [3.8, 4) is 0 Å². The molecule has 0 radical (unpaired) electrons. The molecule has 1 aliphatic carbocycles. The molecule has 26 heavy (non-hydrogen) atoms. The van der Waals surface area contributed by atoms with Gasteiger partial charge in [0.15, 0.2) is 0 Å². The van der Waals surface area contributed by atoms with Crippen LogP contribution in [0.3, 0.4) is 0 Å². The Balaban J connectivity index is 2.58. The van der Waals surface area contributed by atoms with Crippen molar-refractivity contribution in [2.24, 2.45) is 17.8 Å². The number of rotatable bonds is 9. The van der Waals surface area contributed by atoms with Crippen LogP contribution in [-0.4, -0.2) is 36.4 Å². The average Bonchev–Trinajstić information content (AvgIpc) is 2.98. The van der Waals surface area contributed by atoms with Crippen LogP contribution in [0.4, 0.5) is 0 Å². The Labute approximate surface area is 159 Å².